The molecule has 7 nitrogen and oxygen atoms in total. The van der Waals surface area contributed by atoms with Gasteiger partial charge >= 0.3 is 0 Å². The Hall–Kier alpha value is -2.43. The van der Waals surface area contributed by atoms with Gasteiger partial charge in [-0.05, 0) is 49.1 Å². The van der Waals surface area contributed by atoms with Crippen LogP contribution in [0.25, 0.3) is 0 Å². The summed E-state index contributed by atoms with van der Waals surface area (Å²) in [6.45, 7) is 0.976. The number of hydrogen-bond donors (Lipinski definition) is 1. The second kappa shape index (κ2) is 13.1. The minimum Gasteiger partial charge on any atom is -0.352 e. The van der Waals surface area contributed by atoms with E-state index in [9.17, 15) is 26.8 Å². The van der Waals surface area contributed by atoms with Crippen LogP contribution in [0.15, 0.2) is 36.4 Å². The third-order valence-corrected chi connectivity index (χ3v) is 8.42. The van der Waals surface area contributed by atoms with Crippen molar-refractivity contribution in [3.05, 3.63) is 63.6 Å². The Morgan fingerprint density at radius 1 is 1.03 bits per heavy atom. The highest BCUT2D eigenvalue weighted by Gasteiger charge is 2.33. The molecule has 0 unspecified atom stereocenters. The third-order valence-electron chi connectivity index (χ3n) is 6.54. The Morgan fingerprint density at radius 2 is 1.71 bits per heavy atom. The van der Waals surface area contributed by atoms with Crippen molar-refractivity contribution in [2.45, 2.75) is 64.1 Å². The fraction of sp³-hybridized carbons (Fsp3) is 0.462. The zero-order chi connectivity index (χ0) is 28.0. The van der Waals surface area contributed by atoms with E-state index in [2.05, 4.69) is 5.32 Å². The van der Waals surface area contributed by atoms with Crippen molar-refractivity contribution in [2.75, 3.05) is 17.1 Å². The highest BCUT2D eigenvalue weighted by molar-refractivity contribution is 7.92. The molecule has 3 rings (SSSR count). The number of hydrogen-bond acceptors (Lipinski definition) is 4. The van der Waals surface area contributed by atoms with Crippen molar-refractivity contribution < 1.29 is 26.8 Å². The number of carbonyl (C=O) groups excluding carboxylic acids is 2. The summed E-state index contributed by atoms with van der Waals surface area (Å²) in [7, 11) is -4.08. The van der Waals surface area contributed by atoms with Crippen molar-refractivity contribution in [1.82, 2.24) is 10.2 Å². The zero-order valence-corrected chi connectivity index (χ0v) is 23.6. The standard InChI is InChI=1S/C26H31Cl2F2N3O4S/c1-3-24(26(35)31-18-7-5-4-6-8-18)32(15-17-9-11-20(27)21(28)13-17)25(34)16-33(38(2,36)37)19-10-12-22(29)23(30)14-19/h9-14,18,24H,3-8,15-16H2,1-2H3,(H,31,35)/t24-/m0/s1. The fourth-order valence-electron chi connectivity index (χ4n) is 4.55. The van der Waals surface area contributed by atoms with Crippen LogP contribution >= 0.6 is 23.2 Å². The summed E-state index contributed by atoms with van der Waals surface area (Å²) in [6.07, 6.45) is 5.93. The number of carbonyl (C=O) groups is 2. The summed E-state index contributed by atoms with van der Waals surface area (Å²) in [5.41, 5.74) is 0.365. The molecule has 1 atom stereocenters. The lowest BCUT2D eigenvalue weighted by Gasteiger charge is -2.34. The molecule has 0 bridgehead atoms. The average molecular weight is 591 g/mol. The largest absolute Gasteiger partial charge is 0.352 e. The molecule has 1 aliphatic carbocycles. The summed E-state index contributed by atoms with van der Waals surface area (Å²) in [5, 5.41) is 3.61. The maximum Gasteiger partial charge on any atom is 0.244 e. The van der Waals surface area contributed by atoms with Gasteiger partial charge in [0.2, 0.25) is 21.8 Å². The molecule has 0 saturated heterocycles. The van der Waals surface area contributed by atoms with E-state index in [-0.39, 0.29) is 35.6 Å². The van der Waals surface area contributed by atoms with E-state index in [4.69, 9.17) is 23.2 Å². The van der Waals surface area contributed by atoms with E-state index in [0.717, 1.165) is 50.5 Å². The fourth-order valence-corrected chi connectivity index (χ4v) is 5.71. The van der Waals surface area contributed by atoms with E-state index >= 15 is 0 Å². The summed E-state index contributed by atoms with van der Waals surface area (Å²) < 4.78 is 53.3. The van der Waals surface area contributed by atoms with E-state index in [1.54, 1.807) is 25.1 Å². The Labute approximate surface area is 232 Å². The lowest BCUT2D eigenvalue weighted by Crippen LogP contribution is -2.54. The molecule has 208 valence electrons. The summed E-state index contributed by atoms with van der Waals surface area (Å²) in [5.74, 6) is -3.45. The van der Waals surface area contributed by atoms with Crippen LogP contribution in [-0.2, 0) is 26.2 Å². The normalized spacial score (nSPS) is 15.1. The molecule has 0 aromatic heterocycles. The number of anilines is 1. The molecule has 2 amide bonds. The van der Waals surface area contributed by atoms with Crippen LogP contribution < -0.4 is 9.62 Å². The monoisotopic (exact) mass is 589 g/mol. The van der Waals surface area contributed by atoms with Gasteiger partial charge in [0.25, 0.3) is 0 Å². The van der Waals surface area contributed by atoms with Crippen molar-refractivity contribution in [1.29, 1.82) is 0 Å². The van der Waals surface area contributed by atoms with Crippen molar-refractivity contribution in [3.8, 4) is 0 Å². The molecular formula is C26H31Cl2F2N3O4S. The van der Waals surface area contributed by atoms with Gasteiger partial charge in [-0.15, -0.1) is 0 Å². The van der Waals surface area contributed by atoms with Gasteiger partial charge in [0.05, 0.1) is 22.0 Å². The van der Waals surface area contributed by atoms with Crippen LogP contribution in [0.5, 0.6) is 0 Å². The first-order valence-electron chi connectivity index (χ1n) is 12.4. The van der Waals surface area contributed by atoms with Crippen molar-refractivity contribution in [2.24, 2.45) is 0 Å². The molecule has 0 heterocycles. The topological polar surface area (TPSA) is 86.8 Å². The Bertz CT molecular complexity index is 1270. The highest BCUT2D eigenvalue weighted by atomic mass is 35.5. The Morgan fingerprint density at radius 3 is 2.29 bits per heavy atom. The van der Waals surface area contributed by atoms with Crippen LogP contribution in [0, 0.1) is 11.6 Å². The number of amides is 2. The average Bonchev–Trinajstić information content (AvgIpc) is 2.86. The lowest BCUT2D eigenvalue weighted by molar-refractivity contribution is -0.140. The molecule has 1 fully saturated rings. The predicted octanol–water partition coefficient (Wildman–Crippen LogP) is 5.29. The molecule has 38 heavy (non-hydrogen) atoms. The number of halogens is 4. The molecule has 0 aliphatic heterocycles. The van der Waals surface area contributed by atoms with Crippen LogP contribution in [0.4, 0.5) is 14.5 Å². The van der Waals surface area contributed by atoms with Gasteiger partial charge in [0, 0.05) is 18.7 Å². The van der Waals surface area contributed by atoms with Crippen LogP contribution in [0.1, 0.15) is 51.0 Å². The number of rotatable bonds is 10. The second-order valence-electron chi connectivity index (χ2n) is 9.41. The number of sulfonamides is 1. The van der Waals surface area contributed by atoms with Crippen molar-refractivity contribution >= 4 is 50.7 Å². The lowest BCUT2D eigenvalue weighted by atomic mass is 9.95. The first kappa shape index (κ1) is 30.1. The number of nitrogens with one attached hydrogen (secondary N) is 1. The molecule has 12 heteroatoms. The van der Waals surface area contributed by atoms with Crippen LogP contribution in [0.3, 0.4) is 0 Å². The maximum atomic E-state index is 13.9. The third kappa shape index (κ3) is 7.80. The van der Waals surface area contributed by atoms with E-state index in [0.29, 0.717) is 21.0 Å². The summed E-state index contributed by atoms with van der Waals surface area (Å²) in [4.78, 5) is 28.3. The van der Waals surface area contributed by atoms with E-state index < -0.39 is 40.2 Å². The smallest absolute Gasteiger partial charge is 0.244 e. The Balaban J connectivity index is 1.94. The van der Waals surface area contributed by atoms with Gasteiger partial charge in [-0.3, -0.25) is 13.9 Å². The van der Waals surface area contributed by atoms with E-state index in [1.807, 2.05) is 0 Å². The van der Waals surface area contributed by atoms with Crippen LogP contribution in [-0.4, -0.2) is 50.0 Å². The molecule has 0 radical (unpaired) electrons. The molecule has 2 aromatic rings. The highest BCUT2D eigenvalue weighted by Crippen LogP contribution is 2.26. The number of nitrogens with zero attached hydrogens (tertiary/aromatic N) is 2. The maximum absolute atomic E-state index is 13.9. The van der Waals surface area contributed by atoms with Crippen LogP contribution in [0.2, 0.25) is 10.0 Å². The molecule has 1 aliphatic rings. The van der Waals surface area contributed by atoms with Gasteiger partial charge in [-0.1, -0.05) is 55.5 Å². The molecular weight excluding hydrogens is 559 g/mol. The second-order valence-corrected chi connectivity index (χ2v) is 12.1. The predicted molar refractivity (Wildman–Crippen MR) is 145 cm³/mol. The first-order chi connectivity index (χ1) is 17.9. The molecule has 1 saturated carbocycles. The van der Waals surface area contributed by atoms with Gasteiger partial charge in [-0.25, -0.2) is 17.2 Å². The quantitative estimate of drug-likeness (QED) is 0.408. The van der Waals surface area contributed by atoms with Gasteiger partial charge in [-0.2, -0.15) is 0 Å². The number of benzene rings is 2. The summed E-state index contributed by atoms with van der Waals surface area (Å²) in [6, 6.07) is 6.45. The van der Waals surface area contributed by atoms with E-state index in [1.165, 1.54) is 4.90 Å². The molecule has 0 spiro atoms. The van der Waals surface area contributed by atoms with Crippen molar-refractivity contribution in [3.63, 3.8) is 0 Å². The SMILES string of the molecule is CC[C@@H](C(=O)NC1CCCCC1)N(Cc1ccc(Cl)c(Cl)c1)C(=O)CN(c1ccc(F)c(F)c1)S(C)(=O)=O. The van der Waals surface area contributed by atoms with Gasteiger partial charge in [0.15, 0.2) is 11.6 Å². The molecule has 2 aromatic carbocycles. The molecule has 1 N–H and O–H groups in total. The Kier molecular flexibility index (Phi) is 10.4. The minimum atomic E-state index is -4.08. The zero-order valence-electron chi connectivity index (χ0n) is 21.2. The minimum absolute atomic E-state index is 0.00179. The first-order valence-corrected chi connectivity index (χ1v) is 15.0. The van der Waals surface area contributed by atoms with Gasteiger partial charge < -0.3 is 10.2 Å². The summed E-state index contributed by atoms with van der Waals surface area (Å²) >= 11 is 12.2. The van der Waals surface area contributed by atoms with Gasteiger partial charge in [0.1, 0.15) is 12.6 Å².